The predicted molar refractivity (Wildman–Crippen MR) is 109 cm³/mol. The summed E-state index contributed by atoms with van der Waals surface area (Å²) < 4.78 is 37.1. The molecule has 0 spiro atoms. The zero-order chi connectivity index (χ0) is 21.6. The van der Waals surface area contributed by atoms with Gasteiger partial charge in [-0.3, -0.25) is 0 Å². The van der Waals surface area contributed by atoms with E-state index in [0.29, 0.717) is 26.8 Å². The van der Waals surface area contributed by atoms with Gasteiger partial charge in [0.05, 0.1) is 28.8 Å². The minimum atomic E-state index is -2.18. The fourth-order valence-electron chi connectivity index (χ4n) is 3.60. The van der Waals surface area contributed by atoms with Crippen molar-refractivity contribution in [2.24, 2.45) is 0 Å². The third kappa shape index (κ3) is 3.40. The van der Waals surface area contributed by atoms with Crippen LogP contribution < -0.4 is 0 Å². The third-order valence-corrected chi connectivity index (χ3v) is 5.70. The number of aliphatic hydroxyl groups is 2. The van der Waals surface area contributed by atoms with Crippen molar-refractivity contribution in [2.45, 2.75) is 38.0 Å². The molecule has 9 heteroatoms. The largest absolute Gasteiger partial charge is 0.394 e. The van der Waals surface area contributed by atoms with Gasteiger partial charge >= 0.3 is 0 Å². The number of nitrogens with zero attached hydrogens (tertiary/aromatic N) is 3. The van der Waals surface area contributed by atoms with Gasteiger partial charge in [-0.15, -0.1) is 0 Å². The number of ether oxygens (including phenoxy) is 1. The number of halogens is 3. The van der Waals surface area contributed by atoms with Gasteiger partial charge in [0.15, 0.2) is 11.9 Å². The van der Waals surface area contributed by atoms with Crippen LogP contribution in [0.25, 0.3) is 11.0 Å². The van der Waals surface area contributed by atoms with Crippen molar-refractivity contribution >= 4 is 27.0 Å². The molecule has 4 atom stereocenters. The van der Waals surface area contributed by atoms with E-state index in [2.05, 4.69) is 37.7 Å². The first-order valence-electron chi connectivity index (χ1n) is 9.16. The van der Waals surface area contributed by atoms with Crippen LogP contribution in [0.4, 0.5) is 8.78 Å². The average Bonchev–Trinajstić information content (AvgIpc) is 3.17. The Morgan fingerprint density at radius 3 is 2.70 bits per heavy atom. The van der Waals surface area contributed by atoms with Crippen LogP contribution in [0.3, 0.4) is 0 Å². The van der Waals surface area contributed by atoms with Gasteiger partial charge in [0.1, 0.15) is 30.0 Å². The van der Waals surface area contributed by atoms with Crippen LogP contribution >= 0.6 is 15.9 Å². The van der Waals surface area contributed by atoms with Crippen molar-refractivity contribution in [3.05, 3.63) is 57.8 Å². The fourth-order valence-corrected chi connectivity index (χ4v) is 3.93. The summed E-state index contributed by atoms with van der Waals surface area (Å²) in [6, 6.07) is 4.55. The van der Waals surface area contributed by atoms with Crippen LogP contribution in [0.5, 0.6) is 0 Å². The monoisotopic (exact) mass is 477 g/mol. The fraction of sp³-hybridized carbons (Fsp3) is 0.333. The zero-order valence-corrected chi connectivity index (χ0v) is 17.7. The Bertz CT molecular complexity index is 1190. The Balaban J connectivity index is 1.85. The quantitative estimate of drug-likeness (QED) is 0.554. The molecule has 1 aliphatic heterocycles. The Labute approximate surface area is 179 Å². The van der Waals surface area contributed by atoms with Crippen molar-refractivity contribution < 1.29 is 23.7 Å². The smallest absolute Gasteiger partial charge is 0.181 e. The number of hydrogen-bond donors (Lipinski definition) is 2. The van der Waals surface area contributed by atoms with Crippen molar-refractivity contribution in [2.75, 3.05) is 6.61 Å². The molecule has 0 saturated carbocycles. The molecule has 156 valence electrons. The lowest BCUT2D eigenvalue weighted by Gasteiger charge is -2.25. The highest BCUT2D eigenvalue weighted by Gasteiger charge is 2.55. The first kappa shape index (κ1) is 20.9. The van der Waals surface area contributed by atoms with E-state index >= 15 is 4.39 Å². The number of benzene rings is 1. The van der Waals surface area contributed by atoms with E-state index in [1.165, 1.54) is 23.9 Å². The molecule has 1 aliphatic rings. The summed E-state index contributed by atoms with van der Waals surface area (Å²) in [4.78, 5) is 8.42. The molecule has 0 aliphatic carbocycles. The molecule has 0 radical (unpaired) electrons. The summed E-state index contributed by atoms with van der Waals surface area (Å²) in [5.74, 6) is 5.23. The topological polar surface area (TPSA) is 80.4 Å². The Kier molecular flexibility index (Phi) is 5.36. The molecule has 4 rings (SSSR count). The van der Waals surface area contributed by atoms with Gasteiger partial charge in [0.2, 0.25) is 0 Å². The number of hydrogen-bond acceptors (Lipinski definition) is 5. The maximum atomic E-state index is 15.3. The van der Waals surface area contributed by atoms with Gasteiger partial charge in [0.25, 0.3) is 0 Å². The summed E-state index contributed by atoms with van der Waals surface area (Å²) in [7, 11) is 0. The second kappa shape index (κ2) is 7.71. The summed E-state index contributed by atoms with van der Waals surface area (Å²) in [5, 5.41) is 20.2. The molecule has 1 saturated heterocycles. The first-order chi connectivity index (χ1) is 14.2. The Morgan fingerprint density at radius 1 is 1.30 bits per heavy atom. The van der Waals surface area contributed by atoms with E-state index < -0.39 is 36.5 Å². The summed E-state index contributed by atoms with van der Waals surface area (Å²) in [6.07, 6.45) is -0.938. The van der Waals surface area contributed by atoms with E-state index in [-0.39, 0.29) is 5.56 Å². The molecule has 1 aromatic carbocycles. The molecule has 6 nitrogen and oxygen atoms in total. The lowest BCUT2D eigenvalue weighted by molar-refractivity contribution is -0.0564. The SMILES string of the molecule is Cc1ncnc2c1c(C#Cc1ccc(Br)cc1F)cn2[C@@H]1O[C@H](CO)[C@@H](O)[C@@]1(C)F. The van der Waals surface area contributed by atoms with E-state index in [1.807, 2.05) is 0 Å². The number of alkyl halides is 1. The molecule has 1 fully saturated rings. The molecule has 3 aromatic rings. The molecule has 2 aromatic heterocycles. The van der Waals surface area contributed by atoms with Gasteiger partial charge in [-0.05, 0) is 32.0 Å². The highest BCUT2D eigenvalue weighted by molar-refractivity contribution is 9.10. The lowest BCUT2D eigenvalue weighted by Crippen LogP contribution is -2.40. The minimum Gasteiger partial charge on any atom is -0.394 e. The normalized spacial score (nSPS) is 26.0. The van der Waals surface area contributed by atoms with Crippen molar-refractivity contribution in [3.63, 3.8) is 0 Å². The summed E-state index contributed by atoms with van der Waals surface area (Å²) in [5.41, 5.74) is -0.538. The standard InChI is InChI=1S/C21H18BrF2N3O3/c1-11-17-13(4-3-12-5-6-14(22)7-15(12)23)8-27(19(17)26-10-25-11)20-21(2,24)18(29)16(9-28)30-20/h5-8,10,16,18,20,28-29H,9H2,1-2H3/t16-,18-,20-,21-/m1/s1. The number of rotatable bonds is 2. The summed E-state index contributed by atoms with van der Waals surface area (Å²) in [6.45, 7) is 2.44. The molecular formula is C21H18BrF2N3O3. The van der Waals surface area contributed by atoms with E-state index in [4.69, 9.17) is 4.74 Å². The van der Waals surface area contributed by atoms with Crippen LogP contribution in [0.15, 0.2) is 35.2 Å². The predicted octanol–water partition coefficient (Wildman–Crippen LogP) is 3.02. The molecule has 0 bridgehead atoms. The Hall–Kier alpha value is -2.38. The molecular weight excluding hydrogens is 460 g/mol. The van der Waals surface area contributed by atoms with Crippen LogP contribution in [0, 0.1) is 24.6 Å². The first-order valence-corrected chi connectivity index (χ1v) is 9.96. The molecule has 2 N–H and O–H groups in total. The minimum absolute atomic E-state index is 0.205. The molecule has 3 heterocycles. The third-order valence-electron chi connectivity index (χ3n) is 5.21. The van der Waals surface area contributed by atoms with Gasteiger partial charge in [-0.1, -0.05) is 27.8 Å². The van der Waals surface area contributed by atoms with Crippen molar-refractivity contribution in [3.8, 4) is 11.8 Å². The number of aliphatic hydroxyl groups excluding tert-OH is 2. The van der Waals surface area contributed by atoms with Gasteiger partial charge in [-0.25, -0.2) is 18.7 Å². The van der Waals surface area contributed by atoms with Crippen LogP contribution in [-0.4, -0.2) is 49.2 Å². The second-order valence-electron chi connectivity index (χ2n) is 7.29. The summed E-state index contributed by atoms with van der Waals surface area (Å²) >= 11 is 3.21. The Morgan fingerprint density at radius 2 is 2.03 bits per heavy atom. The van der Waals surface area contributed by atoms with Crippen LogP contribution in [0.2, 0.25) is 0 Å². The van der Waals surface area contributed by atoms with Crippen LogP contribution in [0.1, 0.15) is 30.0 Å². The molecule has 30 heavy (non-hydrogen) atoms. The average molecular weight is 478 g/mol. The second-order valence-corrected chi connectivity index (χ2v) is 8.20. The number of aryl methyl sites for hydroxylation is 1. The van der Waals surface area contributed by atoms with E-state index in [1.54, 1.807) is 25.3 Å². The number of fused-ring (bicyclic) bond motifs is 1. The van der Waals surface area contributed by atoms with E-state index in [9.17, 15) is 14.6 Å². The van der Waals surface area contributed by atoms with Gasteiger partial charge in [0, 0.05) is 10.7 Å². The van der Waals surface area contributed by atoms with Crippen LogP contribution in [-0.2, 0) is 4.74 Å². The maximum Gasteiger partial charge on any atom is 0.181 e. The lowest BCUT2D eigenvalue weighted by atomic mass is 9.98. The zero-order valence-electron chi connectivity index (χ0n) is 16.1. The molecule has 0 unspecified atom stereocenters. The van der Waals surface area contributed by atoms with Crippen molar-refractivity contribution in [1.82, 2.24) is 14.5 Å². The molecule has 0 amide bonds. The van der Waals surface area contributed by atoms with Gasteiger partial charge < -0.3 is 19.5 Å². The number of aromatic nitrogens is 3. The highest BCUT2D eigenvalue weighted by atomic mass is 79.9. The maximum absolute atomic E-state index is 15.3. The highest BCUT2D eigenvalue weighted by Crippen LogP contribution is 2.43. The van der Waals surface area contributed by atoms with E-state index in [0.717, 1.165) is 0 Å². The van der Waals surface area contributed by atoms with Crippen molar-refractivity contribution in [1.29, 1.82) is 0 Å². The van der Waals surface area contributed by atoms with Gasteiger partial charge in [-0.2, -0.15) is 0 Å².